The number of benzene rings is 1. The molecular formula is C17H26N2O. The minimum absolute atomic E-state index is 0.163. The summed E-state index contributed by atoms with van der Waals surface area (Å²) in [4.78, 5) is 14.5. The van der Waals surface area contributed by atoms with E-state index in [0.717, 1.165) is 37.5 Å². The highest BCUT2D eigenvalue weighted by Crippen LogP contribution is 2.20. The number of hydrogen-bond acceptors (Lipinski definition) is 2. The maximum atomic E-state index is 12.5. The lowest BCUT2D eigenvalue weighted by molar-refractivity contribution is -0.132. The average Bonchev–Trinajstić information content (AvgIpc) is 2.43. The van der Waals surface area contributed by atoms with Gasteiger partial charge in [0.25, 0.3) is 0 Å². The number of amides is 1. The summed E-state index contributed by atoms with van der Waals surface area (Å²) in [6, 6.07) is 6.14. The highest BCUT2D eigenvalue weighted by molar-refractivity contribution is 5.84. The van der Waals surface area contributed by atoms with Crippen molar-refractivity contribution in [3.05, 3.63) is 29.3 Å². The van der Waals surface area contributed by atoms with Crippen LogP contribution in [0.4, 0.5) is 5.69 Å². The van der Waals surface area contributed by atoms with Gasteiger partial charge < -0.3 is 10.2 Å². The normalized spacial score (nSPS) is 17.9. The van der Waals surface area contributed by atoms with Crippen molar-refractivity contribution >= 4 is 11.6 Å². The van der Waals surface area contributed by atoms with Gasteiger partial charge in [0.1, 0.15) is 6.04 Å². The molecule has 3 heteroatoms. The topological polar surface area (TPSA) is 32.3 Å². The van der Waals surface area contributed by atoms with Crippen LogP contribution in [0.25, 0.3) is 0 Å². The molecule has 0 aromatic heterocycles. The Labute approximate surface area is 122 Å². The summed E-state index contributed by atoms with van der Waals surface area (Å²) in [6.07, 6.45) is 2.25. The van der Waals surface area contributed by atoms with Gasteiger partial charge in [0, 0.05) is 18.8 Å². The SMILES string of the molecule is Cc1ccc(C)c(N[C@H](C)C(=O)N2CCC(C)CC2)c1. The molecule has 1 aromatic rings. The quantitative estimate of drug-likeness (QED) is 0.916. The molecule has 0 aliphatic carbocycles. The van der Waals surface area contributed by atoms with Gasteiger partial charge in [-0.15, -0.1) is 0 Å². The molecule has 1 heterocycles. The summed E-state index contributed by atoms with van der Waals surface area (Å²) >= 11 is 0. The van der Waals surface area contributed by atoms with Crippen LogP contribution >= 0.6 is 0 Å². The first kappa shape index (κ1) is 14.9. The first-order chi connectivity index (χ1) is 9.47. The number of aryl methyl sites for hydroxylation is 2. The molecule has 2 rings (SSSR count). The molecule has 0 bridgehead atoms. The Bertz CT molecular complexity index is 476. The zero-order valence-corrected chi connectivity index (χ0v) is 13.1. The number of carbonyl (C=O) groups excluding carboxylic acids is 1. The number of piperidine rings is 1. The first-order valence-corrected chi connectivity index (χ1v) is 7.60. The van der Waals surface area contributed by atoms with Crippen LogP contribution in [-0.4, -0.2) is 29.9 Å². The van der Waals surface area contributed by atoms with Crippen molar-refractivity contribution in [2.24, 2.45) is 5.92 Å². The Kier molecular flexibility index (Phi) is 4.69. The summed E-state index contributed by atoms with van der Waals surface area (Å²) in [5.74, 6) is 0.971. The third kappa shape index (κ3) is 3.53. The number of carbonyl (C=O) groups is 1. The fourth-order valence-electron chi connectivity index (χ4n) is 2.69. The van der Waals surface area contributed by atoms with E-state index in [4.69, 9.17) is 0 Å². The van der Waals surface area contributed by atoms with E-state index in [9.17, 15) is 4.79 Å². The summed E-state index contributed by atoms with van der Waals surface area (Å²) < 4.78 is 0. The minimum atomic E-state index is -0.163. The van der Waals surface area contributed by atoms with Crippen LogP contribution in [0.15, 0.2) is 18.2 Å². The zero-order chi connectivity index (χ0) is 14.7. The van der Waals surface area contributed by atoms with Crippen LogP contribution in [0, 0.1) is 19.8 Å². The Morgan fingerprint density at radius 3 is 2.60 bits per heavy atom. The summed E-state index contributed by atoms with van der Waals surface area (Å²) in [5, 5.41) is 3.37. The third-order valence-corrected chi connectivity index (χ3v) is 4.23. The molecule has 20 heavy (non-hydrogen) atoms. The monoisotopic (exact) mass is 274 g/mol. The van der Waals surface area contributed by atoms with Crippen LogP contribution in [-0.2, 0) is 4.79 Å². The predicted octanol–water partition coefficient (Wildman–Crippen LogP) is 3.36. The maximum absolute atomic E-state index is 12.5. The Balaban J connectivity index is 1.98. The number of hydrogen-bond donors (Lipinski definition) is 1. The molecule has 0 spiro atoms. The number of rotatable bonds is 3. The summed E-state index contributed by atoms with van der Waals surface area (Å²) in [6.45, 7) is 10.2. The number of likely N-dealkylation sites (tertiary alicyclic amines) is 1. The van der Waals surface area contributed by atoms with Crippen molar-refractivity contribution in [1.82, 2.24) is 4.90 Å². The van der Waals surface area contributed by atoms with Crippen molar-refractivity contribution in [3.63, 3.8) is 0 Å². The van der Waals surface area contributed by atoms with Crippen LogP contribution in [0.3, 0.4) is 0 Å². The van der Waals surface area contributed by atoms with Gasteiger partial charge in [-0.3, -0.25) is 4.79 Å². The van der Waals surface area contributed by atoms with Gasteiger partial charge in [0.05, 0.1) is 0 Å². The van der Waals surface area contributed by atoms with E-state index in [2.05, 4.69) is 44.3 Å². The molecule has 0 radical (unpaired) electrons. The summed E-state index contributed by atoms with van der Waals surface area (Å²) in [5.41, 5.74) is 3.46. The largest absolute Gasteiger partial charge is 0.374 e. The first-order valence-electron chi connectivity index (χ1n) is 7.60. The van der Waals surface area contributed by atoms with E-state index < -0.39 is 0 Å². The molecule has 0 saturated carbocycles. The van der Waals surface area contributed by atoms with Crippen LogP contribution in [0.5, 0.6) is 0 Å². The number of nitrogens with zero attached hydrogens (tertiary/aromatic N) is 1. The van der Waals surface area contributed by atoms with Gasteiger partial charge in [-0.1, -0.05) is 19.1 Å². The average molecular weight is 274 g/mol. The number of anilines is 1. The van der Waals surface area contributed by atoms with Gasteiger partial charge in [-0.05, 0) is 56.7 Å². The molecule has 0 unspecified atom stereocenters. The Morgan fingerprint density at radius 1 is 1.30 bits per heavy atom. The van der Waals surface area contributed by atoms with Crippen molar-refractivity contribution in [1.29, 1.82) is 0 Å². The summed E-state index contributed by atoms with van der Waals surface area (Å²) in [7, 11) is 0. The second kappa shape index (κ2) is 6.29. The van der Waals surface area contributed by atoms with Gasteiger partial charge in [0.15, 0.2) is 0 Å². The lowest BCUT2D eigenvalue weighted by Gasteiger charge is -2.32. The van der Waals surface area contributed by atoms with Crippen LogP contribution < -0.4 is 5.32 Å². The molecule has 1 saturated heterocycles. The van der Waals surface area contributed by atoms with Crippen LogP contribution in [0.1, 0.15) is 37.8 Å². The van der Waals surface area contributed by atoms with E-state index in [-0.39, 0.29) is 11.9 Å². The van der Waals surface area contributed by atoms with E-state index in [1.54, 1.807) is 0 Å². The molecule has 1 aliphatic heterocycles. The smallest absolute Gasteiger partial charge is 0.244 e. The van der Waals surface area contributed by atoms with Crippen molar-refractivity contribution in [3.8, 4) is 0 Å². The highest BCUT2D eigenvalue weighted by Gasteiger charge is 2.24. The number of nitrogens with one attached hydrogen (secondary N) is 1. The van der Waals surface area contributed by atoms with Gasteiger partial charge in [0.2, 0.25) is 5.91 Å². The maximum Gasteiger partial charge on any atom is 0.244 e. The predicted molar refractivity (Wildman–Crippen MR) is 84.0 cm³/mol. The van der Waals surface area contributed by atoms with Crippen molar-refractivity contribution < 1.29 is 4.79 Å². The van der Waals surface area contributed by atoms with Gasteiger partial charge >= 0.3 is 0 Å². The van der Waals surface area contributed by atoms with E-state index in [1.807, 2.05) is 11.8 Å². The van der Waals surface area contributed by atoms with Crippen molar-refractivity contribution in [2.75, 3.05) is 18.4 Å². The van der Waals surface area contributed by atoms with Crippen LogP contribution in [0.2, 0.25) is 0 Å². The fourth-order valence-corrected chi connectivity index (χ4v) is 2.69. The highest BCUT2D eigenvalue weighted by atomic mass is 16.2. The second-order valence-corrected chi connectivity index (χ2v) is 6.19. The molecule has 110 valence electrons. The lowest BCUT2D eigenvalue weighted by atomic mass is 9.99. The molecule has 1 N–H and O–H groups in total. The molecule has 1 fully saturated rings. The fraction of sp³-hybridized carbons (Fsp3) is 0.588. The Hall–Kier alpha value is -1.51. The molecular weight excluding hydrogens is 248 g/mol. The van der Waals surface area contributed by atoms with E-state index in [1.165, 1.54) is 11.1 Å². The lowest BCUT2D eigenvalue weighted by Crippen LogP contribution is -2.45. The van der Waals surface area contributed by atoms with Gasteiger partial charge in [-0.2, -0.15) is 0 Å². The Morgan fingerprint density at radius 2 is 1.95 bits per heavy atom. The van der Waals surface area contributed by atoms with E-state index >= 15 is 0 Å². The standard InChI is InChI=1S/C17H26N2O/c1-12-7-9-19(10-8-12)17(20)15(4)18-16-11-13(2)5-6-14(16)3/h5-6,11-12,15,18H,7-10H2,1-4H3/t15-/m1/s1. The molecule has 1 atom stereocenters. The van der Waals surface area contributed by atoms with E-state index in [0.29, 0.717) is 0 Å². The molecule has 1 amide bonds. The van der Waals surface area contributed by atoms with Gasteiger partial charge in [-0.25, -0.2) is 0 Å². The molecule has 1 aromatic carbocycles. The van der Waals surface area contributed by atoms with Crippen molar-refractivity contribution in [2.45, 2.75) is 46.6 Å². The minimum Gasteiger partial charge on any atom is -0.374 e. The second-order valence-electron chi connectivity index (χ2n) is 6.19. The molecule has 1 aliphatic rings. The third-order valence-electron chi connectivity index (χ3n) is 4.23. The zero-order valence-electron chi connectivity index (χ0n) is 13.1. The molecule has 3 nitrogen and oxygen atoms in total.